The van der Waals surface area contributed by atoms with Crippen LogP contribution >= 0.6 is 0 Å². The minimum Gasteiger partial charge on any atom is -0.447 e. The van der Waals surface area contributed by atoms with Crippen LogP contribution < -0.4 is 5.32 Å². The number of nitrogens with one attached hydrogen (secondary N) is 1. The normalized spacial score (nSPS) is 26.0. The summed E-state index contributed by atoms with van der Waals surface area (Å²) >= 11 is 0. The van der Waals surface area contributed by atoms with Gasteiger partial charge < -0.3 is 10.1 Å². The summed E-state index contributed by atoms with van der Waals surface area (Å²) in [6, 6.07) is 7.43. The third kappa shape index (κ3) is 2.01. The summed E-state index contributed by atoms with van der Waals surface area (Å²) in [6.45, 7) is 11.0. The summed E-state index contributed by atoms with van der Waals surface area (Å²) in [4.78, 5) is 29.6. The van der Waals surface area contributed by atoms with E-state index in [4.69, 9.17) is 11.3 Å². The molecule has 3 rings (SSSR count). The standard InChI is InChI=1S/C16H17N3O3/c1-10(2)22-15(21)19-9-16(8-13(19)17-3)11-6-4-5-7-12(11)18-14(16)20/h4-7,10,13H,8-9H2,1-2H3,(H,18,20)/t13-,16-/m0/s1. The molecular formula is C16H17N3O3. The number of amides is 2. The summed E-state index contributed by atoms with van der Waals surface area (Å²) in [5, 5.41) is 2.85. The van der Waals surface area contributed by atoms with E-state index < -0.39 is 17.7 Å². The van der Waals surface area contributed by atoms with Crippen LogP contribution in [0.2, 0.25) is 0 Å². The van der Waals surface area contributed by atoms with Crippen molar-refractivity contribution in [3.8, 4) is 0 Å². The van der Waals surface area contributed by atoms with E-state index in [2.05, 4.69) is 10.2 Å². The number of fused-ring (bicyclic) bond motifs is 2. The van der Waals surface area contributed by atoms with E-state index in [1.165, 1.54) is 4.90 Å². The quantitative estimate of drug-likeness (QED) is 0.810. The molecule has 2 atom stereocenters. The van der Waals surface area contributed by atoms with Crippen molar-refractivity contribution in [1.29, 1.82) is 0 Å². The Kier molecular flexibility index (Phi) is 3.28. The zero-order valence-electron chi connectivity index (χ0n) is 12.5. The number of anilines is 1. The molecule has 2 heterocycles. The number of likely N-dealkylation sites (tertiary alicyclic amines) is 1. The average Bonchev–Trinajstić information content (AvgIpc) is 2.99. The second-order valence-electron chi connectivity index (χ2n) is 5.96. The molecule has 1 spiro atoms. The molecule has 0 aromatic heterocycles. The van der Waals surface area contributed by atoms with E-state index in [0.29, 0.717) is 6.42 Å². The lowest BCUT2D eigenvalue weighted by molar-refractivity contribution is -0.120. The highest BCUT2D eigenvalue weighted by atomic mass is 16.6. The monoisotopic (exact) mass is 299 g/mol. The van der Waals surface area contributed by atoms with Gasteiger partial charge in [0.05, 0.1) is 19.1 Å². The Bertz CT molecular complexity index is 679. The highest BCUT2D eigenvalue weighted by molar-refractivity contribution is 6.07. The molecule has 2 aliphatic rings. The van der Waals surface area contributed by atoms with Gasteiger partial charge in [0.15, 0.2) is 0 Å². The lowest BCUT2D eigenvalue weighted by Crippen LogP contribution is -2.40. The minimum atomic E-state index is -0.845. The fourth-order valence-electron chi connectivity index (χ4n) is 3.19. The summed E-state index contributed by atoms with van der Waals surface area (Å²) < 4.78 is 5.20. The molecule has 2 amide bonds. The molecule has 0 bridgehead atoms. The molecule has 0 unspecified atom stereocenters. The van der Waals surface area contributed by atoms with E-state index >= 15 is 0 Å². The first-order chi connectivity index (χ1) is 10.5. The van der Waals surface area contributed by atoms with Gasteiger partial charge in [-0.15, -0.1) is 0 Å². The maximum atomic E-state index is 12.5. The molecule has 1 aromatic rings. The number of hydrogen-bond donors (Lipinski definition) is 1. The van der Waals surface area contributed by atoms with Crippen LogP contribution in [0.5, 0.6) is 0 Å². The highest BCUT2D eigenvalue weighted by Gasteiger charge is 2.58. The fraction of sp³-hybridized carbons (Fsp3) is 0.438. The molecule has 22 heavy (non-hydrogen) atoms. The molecule has 6 heteroatoms. The summed E-state index contributed by atoms with van der Waals surface area (Å²) in [7, 11) is 0. The zero-order valence-corrected chi connectivity index (χ0v) is 12.5. The van der Waals surface area contributed by atoms with Gasteiger partial charge in [0, 0.05) is 5.69 Å². The minimum absolute atomic E-state index is 0.151. The van der Waals surface area contributed by atoms with Gasteiger partial charge in [0.25, 0.3) is 0 Å². The van der Waals surface area contributed by atoms with Crippen molar-refractivity contribution in [2.75, 3.05) is 11.9 Å². The Morgan fingerprint density at radius 1 is 1.50 bits per heavy atom. The van der Waals surface area contributed by atoms with Gasteiger partial charge in [-0.2, -0.15) is 0 Å². The number of carbonyl (C=O) groups excluding carboxylic acids is 2. The first-order valence-corrected chi connectivity index (χ1v) is 7.23. The van der Waals surface area contributed by atoms with Gasteiger partial charge in [-0.05, 0) is 25.5 Å². The molecule has 1 N–H and O–H groups in total. The number of benzene rings is 1. The number of ether oxygens (including phenoxy) is 1. The van der Waals surface area contributed by atoms with Crippen molar-refractivity contribution in [3.63, 3.8) is 0 Å². The van der Waals surface area contributed by atoms with Crippen LogP contribution in [0.25, 0.3) is 4.85 Å². The lowest BCUT2D eigenvalue weighted by Gasteiger charge is -2.21. The molecule has 1 fully saturated rings. The SMILES string of the molecule is [C-]#[N+][C@@H]1C[C@@]2(CN1C(=O)OC(C)C)C(=O)Nc1ccccc12. The third-order valence-corrected chi connectivity index (χ3v) is 4.18. The maximum Gasteiger partial charge on any atom is 0.415 e. The highest BCUT2D eigenvalue weighted by Crippen LogP contribution is 2.46. The zero-order chi connectivity index (χ0) is 15.9. The van der Waals surface area contributed by atoms with E-state index in [0.717, 1.165) is 11.3 Å². The van der Waals surface area contributed by atoms with Crippen LogP contribution in [0.3, 0.4) is 0 Å². The second kappa shape index (κ2) is 5.02. The van der Waals surface area contributed by atoms with Gasteiger partial charge in [0.1, 0.15) is 5.41 Å². The Hall–Kier alpha value is -2.55. The topological polar surface area (TPSA) is 63.0 Å². The van der Waals surface area contributed by atoms with E-state index in [-0.39, 0.29) is 18.6 Å². The predicted octanol–water partition coefficient (Wildman–Crippen LogP) is 2.37. The average molecular weight is 299 g/mol. The van der Waals surface area contributed by atoms with Gasteiger partial charge in [-0.3, -0.25) is 9.64 Å². The van der Waals surface area contributed by atoms with Gasteiger partial charge >= 0.3 is 12.3 Å². The molecule has 114 valence electrons. The van der Waals surface area contributed by atoms with Crippen molar-refractivity contribution in [2.45, 2.75) is 38.0 Å². The molecule has 0 saturated carbocycles. The van der Waals surface area contributed by atoms with Crippen molar-refractivity contribution in [1.82, 2.24) is 4.90 Å². The second-order valence-corrected chi connectivity index (χ2v) is 5.96. The molecule has 0 aliphatic carbocycles. The van der Waals surface area contributed by atoms with Crippen LogP contribution in [-0.2, 0) is 14.9 Å². The molecule has 6 nitrogen and oxygen atoms in total. The Labute approximate surface area is 128 Å². The van der Waals surface area contributed by atoms with E-state index in [9.17, 15) is 9.59 Å². The first kappa shape index (κ1) is 14.4. The number of para-hydroxylation sites is 1. The van der Waals surface area contributed by atoms with Crippen molar-refractivity contribution in [2.24, 2.45) is 0 Å². The number of nitrogens with zero attached hydrogens (tertiary/aromatic N) is 2. The predicted molar refractivity (Wildman–Crippen MR) is 80.1 cm³/mol. The van der Waals surface area contributed by atoms with Crippen LogP contribution in [0, 0.1) is 6.57 Å². The van der Waals surface area contributed by atoms with Gasteiger partial charge in [-0.25, -0.2) is 16.3 Å². The van der Waals surface area contributed by atoms with Crippen LogP contribution in [0.15, 0.2) is 24.3 Å². The van der Waals surface area contributed by atoms with Crippen LogP contribution in [-0.4, -0.2) is 35.7 Å². The van der Waals surface area contributed by atoms with Crippen LogP contribution in [0.4, 0.5) is 10.5 Å². The van der Waals surface area contributed by atoms with E-state index in [1.807, 2.05) is 24.3 Å². The Morgan fingerprint density at radius 3 is 2.91 bits per heavy atom. The van der Waals surface area contributed by atoms with Crippen molar-refractivity contribution in [3.05, 3.63) is 41.2 Å². The van der Waals surface area contributed by atoms with Crippen LogP contribution in [0.1, 0.15) is 25.8 Å². The Balaban J connectivity index is 1.96. The molecule has 1 saturated heterocycles. The lowest BCUT2D eigenvalue weighted by atomic mass is 9.80. The smallest absolute Gasteiger partial charge is 0.415 e. The molecule has 2 aliphatic heterocycles. The largest absolute Gasteiger partial charge is 0.447 e. The summed E-state index contributed by atoms with van der Waals surface area (Å²) in [6.07, 6.45) is -1.18. The molecule has 0 radical (unpaired) electrons. The number of carbonyl (C=O) groups is 2. The van der Waals surface area contributed by atoms with Gasteiger partial charge in [0.2, 0.25) is 5.91 Å². The Morgan fingerprint density at radius 2 is 2.23 bits per heavy atom. The van der Waals surface area contributed by atoms with E-state index in [1.54, 1.807) is 13.8 Å². The molecular weight excluding hydrogens is 282 g/mol. The third-order valence-electron chi connectivity index (χ3n) is 4.18. The maximum absolute atomic E-state index is 12.5. The fourth-order valence-corrected chi connectivity index (χ4v) is 3.19. The summed E-state index contributed by atoms with van der Waals surface area (Å²) in [5.41, 5.74) is 0.769. The van der Waals surface area contributed by atoms with Crippen molar-refractivity contribution < 1.29 is 14.3 Å². The van der Waals surface area contributed by atoms with Gasteiger partial charge in [-0.1, -0.05) is 18.2 Å². The van der Waals surface area contributed by atoms with Crippen molar-refractivity contribution >= 4 is 17.7 Å². The first-order valence-electron chi connectivity index (χ1n) is 7.23. The number of hydrogen-bond acceptors (Lipinski definition) is 3. The summed E-state index contributed by atoms with van der Waals surface area (Å²) in [5.74, 6) is -0.151. The number of rotatable bonds is 1. The molecule has 1 aromatic carbocycles.